The molecule has 0 aliphatic carbocycles. The van der Waals surface area contributed by atoms with E-state index in [1.807, 2.05) is 0 Å². The standard InChI is InChI=1S/C15H25N/c1-5-14(9-8-13(4)16)15-10-11(2)6-7-12(15)3/h6-7,10,13-14H,5,8-9,16H2,1-4H3. The first-order chi connectivity index (χ1) is 7.54. The summed E-state index contributed by atoms with van der Waals surface area (Å²) in [5.41, 5.74) is 10.1. The largest absolute Gasteiger partial charge is 0.328 e. The summed E-state index contributed by atoms with van der Waals surface area (Å²) in [5.74, 6) is 0.672. The van der Waals surface area contributed by atoms with Gasteiger partial charge in [-0.3, -0.25) is 0 Å². The van der Waals surface area contributed by atoms with Crippen molar-refractivity contribution < 1.29 is 0 Å². The number of hydrogen-bond donors (Lipinski definition) is 1. The molecule has 0 aromatic heterocycles. The Balaban J connectivity index is 2.81. The third-order valence-corrected chi connectivity index (χ3v) is 3.34. The van der Waals surface area contributed by atoms with Gasteiger partial charge in [-0.05, 0) is 57.1 Å². The first kappa shape index (κ1) is 13.2. The van der Waals surface area contributed by atoms with Gasteiger partial charge in [-0.2, -0.15) is 0 Å². The van der Waals surface area contributed by atoms with E-state index in [9.17, 15) is 0 Å². The Morgan fingerprint density at radius 2 is 1.88 bits per heavy atom. The summed E-state index contributed by atoms with van der Waals surface area (Å²) < 4.78 is 0. The summed E-state index contributed by atoms with van der Waals surface area (Å²) in [7, 11) is 0. The molecule has 1 nitrogen and oxygen atoms in total. The van der Waals surface area contributed by atoms with Crippen molar-refractivity contribution in [3.8, 4) is 0 Å². The maximum absolute atomic E-state index is 5.84. The third kappa shape index (κ3) is 3.64. The molecule has 0 saturated carbocycles. The molecule has 0 amide bonds. The van der Waals surface area contributed by atoms with Crippen molar-refractivity contribution in [2.45, 2.75) is 58.9 Å². The molecule has 1 aromatic carbocycles. The zero-order chi connectivity index (χ0) is 12.1. The molecule has 16 heavy (non-hydrogen) atoms. The van der Waals surface area contributed by atoms with Gasteiger partial charge < -0.3 is 5.73 Å². The van der Waals surface area contributed by atoms with Gasteiger partial charge in [-0.1, -0.05) is 30.7 Å². The van der Waals surface area contributed by atoms with Gasteiger partial charge in [0.15, 0.2) is 0 Å². The van der Waals surface area contributed by atoms with Crippen LogP contribution in [0, 0.1) is 13.8 Å². The summed E-state index contributed by atoms with van der Waals surface area (Å²) in [5, 5.41) is 0. The van der Waals surface area contributed by atoms with Crippen molar-refractivity contribution in [2.75, 3.05) is 0 Å². The van der Waals surface area contributed by atoms with Gasteiger partial charge in [-0.25, -0.2) is 0 Å². The minimum Gasteiger partial charge on any atom is -0.328 e. The van der Waals surface area contributed by atoms with E-state index in [1.165, 1.54) is 29.5 Å². The molecule has 0 heterocycles. The van der Waals surface area contributed by atoms with Crippen molar-refractivity contribution in [2.24, 2.45) is 5.73 Å². The average molecular weight is 219 g/mol. The van der Waals surface area contributed by atoms with Gasteiger partial charge in [0.2, 0.25) is 0 Å². The van der Waals surface area contributed by atoms with Crippen LogP contribution in [0.3, 0.4) is 0 Å². The first-order valence-corrected chi connectivity index (χ1v) is 6.37. The van der Waals surface area contributed by atoms with Crippen LogP contribution in [0.2, 0.25) is 0 Å². The summed E-state index contributed by atoms with van der Waals surface area (Å²) >= 11 is 0. The molecule has 0 radical (unpaired) electrons. The highest BCUT2D eigenvalue weighted by Crippen LogP contribution is 2.28. The van der Waals surface area contributed by atoms with Crippen LogP contribution >= 0.6 is 0 Å². The molecule has 2 N–H and O–H groups in total. The molecule has 1 heteroatoms. The molecule has 2 atom stereocenters. The third-order valence-electron chi connectivity index (χ3n) is 3.34. The van der Waals surface area contributed by atoms with E-state index < -0.39 is 0 Å². The van der Waals surface area contributed by atoms with Gasteiger partial charge in [0.05, 0.1) is 0 Å². The van der Waals surface area contributed by atoms with E-state index in [-0.39, 0.29) is 0 Å². The normalized spacial score (nSPS) is 14.8. The van der Waals surface area contributed by atoms with Crippen molar-refractivity contribution in [1.29, 1.82) is 0 Å². The van der Waals surface area contributed by atoms with Gasteiger partial charge in [-0.15, -0.1) is 0 Å². The molecule has 1 aromatic rings. The fraction of sp³-hybridized carbons (Fsp3) is 0.600. The highest BCUT2D eigenvalue weighted by atomic mass is 14.6. The summed E-state index contributed by atoms with van der Waals surface area (Å²) in [6.07, 6.45) is 3.53. The number of nitrogens with two attached hydrogens (primary N) is 1. The molecular weight excluding hydrogens is 194 g/mol. The fourth-order valence-electron chi connectivity index (χ4n) is 2.24. The predicted octanol–water partition coefficient (Wildman–Crippen LogP) is 3.92. The Kier molecular flexibility index (Phi) is 5.01. The lowest BCUT2D eigenvalue weighted by molar-refractivity contribution is 0.530. The van der Waals surface area contributed by atoms with Gasteiger partial charge in [0, 0.05) is 6.04 Å². The zero-order valence-corrected chi connectivity index (χ0v) is 11.1. The minimum absolute atomic E-state index is 0.319. The lowest BCUT2D eigenvalue weighted by Crippen LogP contribution is -2.16. The Morgan fingerprint density at radius 1 is 1.19 bits per heavy atom. The van der Waals surface area contributed by atoms with Gasteiger partial charge in [0.1, 0.15) is 0 Å². The van der Waals surface area contributed by atoms with Crippen LogP contribution in [0.25, 0.3) is 0 Å². The molecule has 2 unspecified atom stereocenters. The highest BCUT2D eigenvalue weighted by Gasteiger charge is 2.12. The van der Waals surface area contributed by atoms with Crippen LogP contribution in [0.5, 0.6) is 0 Å². The molecular formula is C15H25N. The van der Waals surface area contributed by atoms with Crippen LogP contribution < -0.4 is 5.73 Å². The molecule has 90 valence electrons. The Hall–Kier alpha value is -0.820. The number of hydrogen-bond acceptors (Lipinski definition) is 1. The summed E-state index contributed by atoms with van der Waals surface area (Å²) in [4.78, 5) is 0. The van der Waals surface area contributed by atoms with Crippen LogP contribution in [-0.2, 0) is 0 Å². The maximum atomic E-state index is 5.84. The van der Waals surface area contributed by atoms with Crippen LogP contribution in [-0.4, -0.2) is 6.04 Å². The van der Waals surface area contributed by atoms with Crippen molar-refractivity contribution in [1.82, 2.24) is 0 Å². The van der Waals surface area contributed by atoms with Crippen LogP contribution in [0.1, 0.15) is 55.7 Å². The zero-order valence-electron chi connectivity index (χ0n) is 11.1. The average Bonchev–Trinajstić information content (AvgIpc) is 2.23. The molecule has 0 bridgehead atoms. The van der Waals surface area contributed by atoms with Crippen LogP contribution in [0.15, 0.2) is 18.2 Å². The van der Waals surface area contributed by atoms with E-state index in [2.05, 4.69) is 45.9 Å². The maximum Gasteiger partial charge on any atom is 0.00106 e. The second kappa shape index (κ2) is 6.05. The quantitative estimate of drug-likeness (QED) is 0.798. The van der Waals surface area contributed by atoms with E-state index in [0.29, 0.717) is 12.0 Å². The van der Waals surface area contributed by atoms with Crippen LogP contribution in [0.4, 0.5) is 0 Å². The number of benzene rings is 1. The van der Waals surface area contributed by atoms with E-state index >= 15 is 0 Å². The molecule has 1 rings (SSSR count). The Bertz CT molecular complexity index is 328. The molecule has 0 saturated heterocycles. The van der Waals surface area contributed by atoms with E-state index in [4.69, 9.17) is 5.73 Å². The highest BCUT2D eigenvalue weighted by molar-refractivity contribution is 5.33. The van der Waals surface area contributed by atoms with Crippen molar-refractivity contribution in [3.63, 3.8) is 0 Å². The number of aryl methyl sites for hydroxylation is 2. The Labute approximate surface area is 100 Å². The van der Waals surface area contributed by atoms with Gasteiger partial charge >= 0.3 is 0 Å². The summed E-state index contributed by atoms with van der Waals surface area (Å²) in [6, 6.07) is 7.08. The SMILES string of the molecule is CCC(CCC(C)N)c1cc(C)ccc1C. The van der Waals surface area contributed by atoms with E-state index in [0.717, 1.165) is 6.42 Å². The monoisotopic (exact) mass is 219 g/mol. The van der Waals surface area contributed by atoms with Gasteiger partial charge in [0.25, 0.3) is 0 Å². The topological polar surface area (TPSA) is 26.0 Å². The predicted molar refractivity (Wildman–Crippen MR) is 71.8 cm³/mol. The number of rotatable bonds is 5. The fourth-order valence-corrected chi connectivity index (χ4v) is 2.24. The lowest BCUT2D eigenvalue weighted by Gasteiger charge is -2.19. The second-order valence-corrected chi connectivity index (χ2v) is 5.02. The summed E-state index contributed by atoms with van der Waals surface area (Å²) in [6.45, 7) is 8.74. The Morgan fingerprint density at radius 3 is 2.44 bits per heavy atom. The molecule has 0 aliphatic heterocycles. The van der Waals surface area contributed by atoms with E-state index in [1.54, 1.807) is 0 Å². The minimum atomic E-state index is 0.319. The van der Waals surface area contributed by atoms with Crippen molar-refractivity contribution >= 4 is 0 Å². The van der Waals surface area contributed by atoms with Crippen molar-refractivity contribution in [3.05, 3.63) is 34.9 Å². The second-order valence-electron chi connectivity index (χ2n) is 5.02. The molecule has 0 fully saturated rings. The first-order valence-electron chi connectivity index (χ1n) is 6.37. The molecule has 0 aliphatic rings. The smallest absolute Gasteiger partial charge is 0.00106 e. The lowest BCUT2D eigenvalue weighted by atomic mass is 9.87. The molecule has 0 spiro atoms.